The SMILES string of the molecule is C=CC(=O)N1CC(F)(C(=O)N2CCC(N(N)/C(C)=C(\N)c3cnc(/C(C#N)=C\N)c(NCC4CC4)c3)CC2)C1. The van der Waals surface area contributed by atoms with Crippen LogP contribution in [0.15, 0.2) is 36.8 Å². The Morgan fingerprint density at radius 1 is 1.31 bits per heavy atom. The molecule has 3 heterocycles. The van der Waals surface area contributed by atoms with E-state index in [4.69, 9.17) is 17.3 Å². The number of hydrogen-bond donors (Lipinski definition) is 4. The highest BCUT2D eigenvalue weighted by atomic mass is 19.1. The highest BCUT2D eigenvalue weighted by Gasteiger charge is 2.53. The van der Waals surface area contributed by atoms with Crippen molar-refractivity contribution >= 4 is 28.8 Å². The Labute approximate surface area is 227 Å². The number of piperidine rings is 1. The van der Waals surface area contributed by atoms with Crippen molar-refractivity contribution in [1.29, 1.82) is 5.26 Å². The van der Waals surface area contributed by atoms with E-state index >= 15 is 4.39 Å². The molecular formula is C27H36FN9O2. The molecule has 3 aliphatic rings. The standard InChI is InChI=1S/C27H36FN9O2/c1-3-23(38)36-15-27(28,16-36)26(39)35-8-6-21(7-9-35)37(32)17(2)24(31)19-10-22(33-13-18-4-5-18)25(34-14-19)20(11-29)12-30/h3,10-11,14,18,21,33H,1,4-9,13,15-16,29,31-32H2,2H3/b20-11-,24-17-. The Bertz CT molecular complexity index is 1240. The maximum absolute atomic E-state index is 15.0. The first-order valence-electron chi connectivity index (χ1n) is 13.1. The fourth-order valence-electron chi connectivity index (χ4n) is 4.94. The van der Waals surface area contributed by atoms with Crippen LogP contribution in [0.5, 0.6) is 0 Å². The molecule has 0 radical (unpaired) electrons. The zero-order chi connectivity index (χ0) is 28.3. The van der Waals surface area contributed by atoms with E-state index in [2.05, 4.69) is 22.9 Å². The summed E-state index contributed by atoms with van der Waals surface area (Å²) in [6, 6.07) is 3.81. The molecule has 7 N–H and O–H groups in total. The molecule has 2 aliphatic heterocycles. The number of pyridine rings is 1. The number of nitrogens with two attached hydrogens (primary N) is 3. The molecular weight excluding hydrogens is 501 g/mol. The molecule has 1 aromatic heterocycles. The van der Waals surface area contributed by atoms with Crippen molar-refractivity contribution in [3.63, 3.8) is 0 Å². The number of rotatable bonds is 9. The molecule has 1 saturated carbocycles. The van der Waals surface area contributed by atoms with Gasteiger partial charge in [0.2, 0.25) is 11.6 Å². The van der Waals surface area contributed by atoms with Gasteiger partial charge in [-0.05, 0) is 50.7 Å². The molecule has 0 bridgehead atoms. The quantitative estimate of drug-likeness (QED) is 0.157. The fourth-order valence-corrected chi connectivity index (χ4v) is 4.94. The zero-order valence-electron chi connectivity index (χ0n) is 22.2. The van der Waals surface area contributed by atoms with Gasteiger partial charge < -0.3 is 31.6 Å². The van der Waals surface area contributed by atoms with E-state index in [1.807, 2.05) is 13.0 Å². The second-order valence-corrected chi connectivity index (χ2v) is 10.4. The normalized spacial score (nSPS) is 19.9. The molecule has 4 rings (SSSR count). The van der Waals surface area contributed by atoms with Crippen LogP contribution in [0.4, 0.5) is 10.1 Å². The summed E-state index contributed by atoms with van der Waals surface area (Å²) in [5.41, 5.74) is 13.2. The first-order chi connectivity index (χ1) is 18.6. The topological polar surface area (TPSA) is 171 Å². The van der Waals surface area contributed by atoms with Crippen molar-refractivity contribution in [2.45, 2.75) is 44.3 Å². The van der Waals surface area contributed by atoms with Crippen LogP contribution in [-0.4, -0.2) is 76.0 Å². The first-order valence-corrected chi connectivity index (χ1v) is 13.1. The maximum atomic E-state index is 15.0. The predicted octanol–water partition coefficient (Wildman–Crippen LogP) is 1.28. The molecule has 12 heteroatoms. The van der Waals surface area contributed by atoms with Crippen LogP contribution in [0.3, 0.4) is 0 Å². The van der Waals surface area contributed by atoms with Gasteiger partial charge >= 0.3 is 0 Å². The summed E-state index contributed by atoms with van der Waals surface area (Å²) in [6.07, 6.45) is 7.35. The number of likely N-dealkylation sites (tertiary alicyclic amines) is 2. The van der Waals surface area contributed by atoms with Crippen molar-refractivity contribution in [1.82, 2.24) is 19.8 Å². The zero-order valence-corrected chi connectivity index (χ0v) is 22.2. The van der Waals surface area contributed by atoms with E-state index in [1.165, 1.54) is 28.8 Å². The van der Waals surface area contributed by atoms with Crippen LogP contribution in [0.1, 0.15) is 43.9 Å². The predicted molar refractivity (Wildman–Crippen MR) is 146 cm³/mol. The van der Waals surface area contributed by atoms with Gasteiger partial charge in [0.05, 0.1) is 30.0 Å². The summed E-state index contributed by atoms with van der Waals surface area (Å²) in [4.78, 5) is 31.6. The third kappa shape index (κ3) is 5.83. The van der Waals surface area contributed by atoms with Gasteiger partial charge in [-0.1, -0.05) is 6.58 Å². The average Bonchev–Trinajstić information content (AvgIpc) is 3.78. The molecule has 0 spiro atoms. The molecule has 3 fully saturated rings. The van der Waals surface area contributed by atoms with Gasteiger partial charge in [0.15, 0.2) is 0 Å². The number of aromatic nitrogens is 1. The van der Waals surface area contributed by atoms with E-state index in [0.29, 0.717) is 60.2 Å². The van der Waals surface area contributed by atoms with Gasteiger partial charge in [0.1, 0.15) is 11.8 Å². The lowest BCUT2D eigenvalue weighted by Gasteiger charge is -2.46. The third-order valence-corrected chi connectivity index (χ3v) is 7.69. The number of nitrogens with one attached hydrogen (secondary N) is 1. The van der Waals surface area contributed by atoms with Crippen LogP contribution in [0, 0.1) is 17.2 Å². The highest BCUT2D eigenvalue weighted by Crippen LogP contribution is 2.32. The summed E-state index contributed by atoms with van der Waals surface area (Å²) in [5, 5.41) is 14.4. The number of alkyl halides is 1. The maximum Gasteiger partial charge on any atom is 0.264 e. The number of nitrogens with zero attached hydrogens (tertiary/aromatic N) is 5. The molecule has 1 aromatic rings. The first kappa shape index (κ1) is 27.9. The van der Waals surface area contributed by atoms with Crippen LogP contribution in [0.2, 0.25) is 0 Å². The van der Waals surface area contributed by atoms with Crippen LogP contribution in [0.25, 0.3) is 11.3 Å². The Morgan fingerprint density at radius 3 is 2.54 bits per heavy atom. The third-order valence-electron chi connectivity index (χ3n) is 7.69. The Kier molecular flexibility index (Phi) is 8.11. The number of hydrazine groups is 1. The summed E-state index contributed by atoms with van der Waals surface area (Å²) in [6.45, 7) is 6.17. The second-order valence-electron chi connectivity index (χ2n) is 10.4. The summed E-state index contributed by atoms with van der Waals surface area (Å²) < 4.78 is 15.0. The van der Waals surface area contributed by atoms with E-state index in [1.54, 1.807) is 11.2 Å². The lowest BCUT2D eigenvalue weighted by atomic mass is 9.92. The minimum atomic E-state index is -2.05. The minimum absolute atomic E-state index is 0.103. The monoisotopic (exact) mass is 537 g/mol. The molecule has 1 aliphatic carbocycles. The smallest absolute Gasteiger partial charge is 0.264 e. The van der Waals surface area contributed by atoms with Crippen molar-refractivity contribution in [3.8, 4) is 6.07 Å². The molecule has 0 atom stereocenters. The van der Waals surface area contributed by atoms with Crippen LogP contribution >= 0.6 is 0 Å². The van der Waals surface area contributed by atoms with Gasteiger partial charge in [0, 0.05) is 49.3 Å². The van der Waals surface area contributed by atoms with E-state index in [-0.39, 0.29) is 30.6 Å². The highest BCUT2D eigenvalue weighted by molar-refractivity contribution is 5.93. The average molecular weight is 538 g/mol. The summed E-state index contributed by atoms with van der Waals surface area (Å²) >= 11 is 0. The van der Waals surface area contributed by atoms with E-state index in [9.17, 15) is 14.9 Å². The van der Waals surface area contributed by atoms with Crippen molar-refractivity contribution in [2.24, 2.45) is 23.2 Å². The number of carbonyl (C=O) groups is 2. The lowest BCUT2D eigenvalue weighted by Crippen LogP contribution is -2.68. The summed E-state index contributed by atoms with van der Waals surface area (Å²) in [7, 11) is 0. The lowest BCUT2D eigenvalue weighted by molar-refractivity contribution is -0.162. The molecule has 2 amide bonds. The van der Waals surface area contributed by atoms with Crippen molar-refractivity contribution in [2.75, 3.05) is 38.0 Å². The largest absolute Gasteiger partial charge is 0.403 e. The Morgan fingerprint density at radius 2 is 1.97 bits per heavy atom. The van der Waals surface area contributed by atoms with E-state index < -0.39 is 11.6 Å². The minimum Gasteiger partial charge on any atom is -0.403 e. The number of amides is 2. The second kappa shape index (κ2) is 11.3. The van der Waals surface area contributed by atoms with Gasteiger partial charge in [-0.15, -0.1) is 0 Å². The molecule has 11 nitrogen and oxygen atoms in total. The van der Waals surface area contributed by atoms with Crippen LogP contribution in [-0.2, 0) is 9.59 Å². The number of halogens is 1. The van der Waals surface area contributed by atoms with Gasteiger partial charge in [-0.25, -0.2) is 10.2 Å². The number of carbonyl (C=O) groups excluding carboxylic acids is 2. The molecule has 0 aromatic carbocycles. The number of hydrogen-bond acceptors (Lipinski definition) is 9. The van der Waals surface area contributed by atoms with Crippen LogP contribution < -0.4 is 22.6 Å². The molecule has 208 valence electrons. The van der Waals surface area contributed by atoms with Gasteiger partial charge in [-0.3, -0.25) is 14.6 Å². The Balaban J connectivity index is 1.42. The molecule has 0 unspecified atom stereocenters. The number of nitriles is 1. The Hall–Kier alpha value is -4.11. The summed E-state index contributed by atoms with van der Waals surface area (Å²) in [5.74, 6) is 6.09. The van der Waals surface area contributed by atoms with Crippen molar-refractivity contribution < 1.29 is 14.0 Å². The van der Waals surface area contributed by atoms with E-state index in [0.717, 1.165) is 12.6 Å². The fraction of sp³-hybridized carbons (Fsp3) is 0.481. The molecule has 2 saturated heterocycles. The van der Waals surface area contributed by atoms with Gasteiger partial charge in [0.25, 0.3) is 5.91 Å². The van der Waals surface area contributed by atoms with Crippen molar-refractivity contribution in [3.05, 3.63) is 48.1 Å². The molecule has 39 heavy (non-hydrogen) atoms. The van der Waals surface area contributed by atoms with Gasteiger partial charge in [-0.2, -0.15) is 5.26 Å². The number of allylic oxidation sites excluding steroid dienone is 2. The number of anilines is 1.